The number of aryl methyl sites for hydroxylation is 2. The summed E-state index contributed by atoms with van der Waals surface area (Å²) in [4.78, 5) is 45.4. The number of thioether (sulfide) groups is 1. The normalized spacial score (nSPS) is 33.2. The summed E-state index contributed by atoms with van der Waals surface area (Å²) < 4.78 is 0. The molecule has 7 rings (SSSR count). The highest BCUT2D eigenvalue weighted by molar-refractivity contribution is 8.00. The van der Waals surface area contributed by atoms with E-state index < -0.39 is 0 Å². The fraction of sp³-hybridized carbons (Fsp3) is 0.370. The molecule has 3 aromatic rings. The van der Waals surface area contributed by atoms with E-state index in [4.69, 9.17) is 0 Å². The number of aromatic amines is 1. The van der Waals surface area contributed by atoms with Gasteiger partial charge < -0.3 is 4.98 Å². The van der Waals surface area contributed by atoms with Gasteiger partial charge in [-0.2, -0.15) is 0 Å². The van der Waals surface area contributed by atoms with Gasteiger partial charge in [0.1, 0.15) is 0 Å². The smallest absolute Gasteiger partial charge is 0.305 e. The molecule has 2 aliphatic carbocycles. The number of nitrogens with one attached hydrogen (secondary N) is 1. The third-order valence-corrected chi connectivity index (χ3v) is 11.1. The van der Waals surface area contributed by atoms with E-state index in [-0.39, 0.29) is 57.4 Å². The highest BCUT2D eigenvalue weighted by Crippen LogP contribution is 2.68. The van der Waals surface area contributed by atoms with Crippen LogP contribution >= 0.6 is 23.1 Å². The number of fused-ring (bicyclic) bond motifs is 9. The van der Waals surface area contributed by atoms with E-state index in [9.17, 15) is 14.4 Å². The SMILES string of the molecule is Cc1ccc(N2C(=O)[C@@H]3[C@@H]4C[C@H]([C@H]5Sc6[nH]c(=O)sc6[C@H](c6ccccc6C)[C@H]45)[C@@H]3C2=O)cc1. The van der Waals surface area contributed by atoms with Gasteiger partial charge in [0, 0.05) is 16.0 Å². The average molecular weight is 489 g/mol. The Labute approximate surface area is 205 Å². The van der Waals surface area contributed by atoms with Crippen molar-refractivity contribution in [3.8, 4) is 0 Å². The number of rotatable bonds is 2. The van der Waals surface area contributed by atoms with Gasteiger partial charge in [-0.15, -0.1) is 11.8 Å². The lowest BCUT2D eigenvalue weighted by atomic mass is 9.67. The molecule has 5 nitrogen and oxygen atoms in total. The molecule has 7 atom stereocenters. The van der Waals surface area contributed by atoms with E-state index in [0.717, 1.165) is 21.9 Å². The Bertz CT molecular complexity index is 1410. The van der Waals surface area contributed by atoms with Crippen LogP contribution in [0.1, 0.15) is 33.9 Å². The van der Waals surface area contributed by atoms with Crippen molar-refractivity contribution in [3.63, 3.8) is 0 Å². The minimum atomic E-state index is -0.260. The van der Waals surface area contributed by atoms with Crippen LogP contribution in [-0.4, -0.2) is 22.0 Å². The third kappa shape index (κ3) is 2.65. The van der Waals surface area contributed by atoms with E-state index in [1.54, 1.807) is 11.8 Å². The average Bonchev–Trinajstić information content (AvgIpc) is 3.54. The van der Waals surface area contributed by atoms with Crippen molar-refractivity contribution in [2.45, 2.75) is 36.5 Å². The number of hydrogen-bond donors (Lipinski definition) is 1. The summed E-state index contributed by atoms with van der Waals surface area (Å²) in [6.07, 6.45) is 0.915. The molecule has 1 saturated heterocycles. The molecular formula is C27H24N2O3S2. The molecule has 0 spiro atoms. The van der Waals surface area contributed by atoms with Gasteiger partial charge in [-0.1, -0.05) is 53.3 Å². The Balaban J connectivity index is 1.34. The lowest BCUT2D eigenvalue weighted by molar-refractivity contribution is -0.123. The highest BCUT2D eigenvalue weighted by atomic mass is 32.2. The van der Waals surface area contributed by atoms with E-state index in [2.05, 4.69) is 30.1 Å². The number of amides is 2. The van der Waals surface area contributed by atoms with E-state index in [1.807, 2.05) is 37.3 Å². The molecule has 3 heterocycles. The molecule has 3 fully saturated rings. The molecule has 0 radical (unpaired) electrons. The Hall–Kier alpha value is -2.64. The van der Waals surface area contributed by atoms with Gasteiger partial charge in [0.15, 0.2) is 0 Å². The van der Waals surface area contributed by atoms with Crippen LogP contribution in [0, 0.1) is 43.4 Å². The molecule has 7 heteroatoms. The van der Waals surface area contributed by atoms with Crippen LogP contribution in [-0.2, 0) is 9.59 Å². The summed E-state index contributed by atoms with van der Waals surface area (Å²) in [5, 5.41) is 1.18. The maximum Gasteiger partial charge on any atom is 0.305 e. The second-order valence-corrected chi connectivity index (χ2v) is 12.4. The summed E-state index contributed by atoms with van der Waals surface area (Å²) in [7, 11) is 0. The predicted octanol–water partition coefficient (Wildman–Crippen LogP) is 4.73. The molecule has 172 valence electrons. The molecule has 0 unspecified atom stereocenters. The van der Waals surface area contributed by atoms with Crippen LogP contribution in [0.25, 0.3) is 0 Å². The summed E-state index contributed by atoms with van der Waals surface area (Å²) in [6, 6.07) is 16.1. The van der Waals surface area contributed by atoms with Gasteiger partial charge in [-0.3, -0.25) is 19.3 Å². The Morgan fingerprint density at radius 1 is 0.912 bits per heavy atom. The van der Waals surface area contributed by atoms with Crippen LogP contribution in [0.4, 0.5) is 5.69 Å². The number of benzene rings is 2. The molecule has 1 aromatic heterocycles. The van der Waals surface area contributed by atoms with E-state index >= 15 is 0 Å². The van der Waals surface area contributed by atoms with Crippen molar-refractivity contribution in [3.05, 3.63) is 79.8 Å². The van der Waals surface area contributed by atoms with Crippen LogP contribution in [0.3, 0.4) is 0 Å². The minimum absolute atomic E-state index is 0.0266. The molecule has 2 bridgehead atoms. The quantitative estimate of drug-likeness (QED) is 0.530. The van der Waals surface area contributed by atoms with Gasteiger partial charge in [0.25, 0.3) is 0 Å². The van der Waals surface area contributed by atoms with Crippen molar-refractivity contribution in [1.29, 1.82) is 0 Å². The Morgan fingerprint density at radius 2 is 1.62 bits per heavy atom. The number of carbonyl (C=O) groups excluding carboxylic acids is 2. The number of carbonyl (C=O) groups is 2. The zero-order valence-electron chi connectivity index (χ0n) is 18.9. The number of anilines is 1. The summed E-state index contributed by atoms with van der Waals surface area (Å²) in [6.45, 7) is 4.13. The number of hydrogen-bond acceptors (Lipinski definition) is 5. The van der Waals surface area contributed by atoms with E-state index in [1.165, 1.54) is 27.4 Å². The first-order valence-electron chi connectivity index (χ1n) is 11.8. The van der Waals surface area contributed by atoms with Crippen molar-refractivity contribution in [2.24, 2.45) is 29.6 Å². The molecule has 2 saturated carbocycles. The largest absolute Gasteiger partial charge is 0.307 e. The first-order chi connectivity index (χ1) is 16.4. The number of thiazole rings is 1. The highest BCUT2D eigenvalue weighted by Gasteiger charge is 2.69. The number of nitrogens with zero attached hydrogens (tertiary/aromatic N) is 1. The van der Waals surface area contributed by atoms with Gasteiger partial charge in [0.05, 0.1) is 22.5 Å². The van der Waals surface area contributed by atoms with Crippen LogP contribution < -0.4 is 9.77 Å². The first kappa shape index (κ1) is 20.7. The maximum absolute atomic E-state index is 13.8. The molecule has 2 aliphatic heterocycles. The molecule has 4 aliphatic rings. The fourth-order valence-corrected chi connectivity index (χ4v) is 10.1. The van der Waals surface area contributed by atoms with Gasteiger partial charge in [0.2, 0.25) is 11.8 Å². The number of H-pyrrole nitrogens is 1. The van der Waals surface area contributed by atoms with Gasteiger partial charge >= 0.3 is 4.87 Å². The summed E-state index contributed by atoms with van der Waals surface area (Å²) in [5.41, 5.74) is 4.24. The van der Waals surface area contributed by atoms with Crippen LogP contribution in [0.15, 0.2) is 58.4 Å². The Kier molecular flexibility index (Phi) is 4.38. The van der Waals surface area contributed by atoms with Crippen LogP contribution in [0.2, 0.25) is 0 Å². The molecule has 2 amide bonds. The van der Waals surface area contributed by atoms with Crippen molar-refractivity contribution >= 4 is 40.6 Å². The number of aromatic nitrogens is 1. The second-order valence-electron chi connectivity index (χ2n) is 10.2. The summed E-state index contributed by atoms with van der Waals surface area (Å²) in [5.74, 6) is 0.0363. The first-order valence-corrected chi connectivity index (χ1v) is 13.5. The zero-order valence-corrected chi connectivity index (χ0v) is 20.5. The van der Waals surface area contributed by atoms with Gasteiger partial charge in [-0.05, 0) is 61.3 Å². The van der Waals surface area contributed by atoms with Gasteiger partial charge in [-0.25, -0.2) is 0 Å². The lowest BCUT2D eigenvalue weighted by Crippen LogP contribution is -2.42. The molecule has 1 N–H and O–H groups in total. The number of imide groups is 1. The lowest BCUT2D eigenvalue weighted by Gasteiger charge is -2.43. The Morgan fingerprint density at radius 3 is 2.35 bits per heavy atom. The van der Waals surface area contributed by atoms with Crippen LogP contribution in [0.5, 0.6) is 0 Å². The minimum Gasteiger partial charge on any atom is -0.307 e. The fourth-order valence-electron chi connectivity index (χ4n) is 7.25. The van der Waals surface area contributed by atoms with Crippen molar-refractivity contribution < 1.29 is 9.59 Å². The van der Waals surface area contributed by atoms with Crippen molar-refractivity contribution in [2.75, 3.05) is 4.90 Å². The predicted molar refractivity (Wildman–Crippen MR) is 133 cm³/mol. The van der Waals surface area contributed by atoms with E-state index in [0.29, 0.717) is 5.69 Å². The topological polar surface area (TPSA) is 70.2 Å². The molecule has 34 heavy (non-hydrogen) atoms. The monoisotopic (exact) mass is 488 g/mol. The maximum atomic E-state index is 13.8. The zero-order chi connectivity index (χ0) is 23.3. The van der Waals surface area contributed by atoms with Crippen molar-refractivity contribution in [1.82, 2.24) is 4.98 Å². The molecule has 2 aromatic carbocycles. The summed E-state index contributed by atoms with van der Waals surface area (Å²) >= 11 is 3.05. The standard InChI is InChI=1S/C27H24N2O3S2/c1-12-7-9-14(10-8-12)29-25(30)20-16-11-17(21(20)26(29)31)22-19(16)18(15-6-4-3-5-13(15)2)23-24(33-22)28-27(32)34-23/h3-10,16-22H,11H2,1-2H3,(H,28,32)/t16-,17+,18-,19+,20-,21+,22-/m1/s1. The molecular weight excluding hydrogens is 464 g/mol. The third-order valence-electron chi connectivity index (χ3n) is 8.54. The second kappa shape index (κ2) is 7.18.